The minimum Gasteiger partial charge on any atom is -0.475 e. The Morgan fingerprint density at radius 1 is 1.17 bits per heavy atom. The lowest BCUT2D eigenvalue weighted by Crippen LogP contribution is -2.35. The summed E-state index contributed by atoms with van der Waals surface area (Å²) in [5.74, 6) is 0.220. The number of pyridine rings is 2. The van der Waals surface area contributed by atoms with Gasteiger partial charge in [-0.2, -0.15) is 0 Å². The molecule has 0 aliphatic carbocycles. The summed E-state index contributed by atoms with van der Waals surface area (Å²) in [7, 11) is 0. The maximum atomic E-state index is 14.4. The Hall–Kier alpha value is -3.94. The average Bonchev–Trinajstić information content (AvgIpc) is 3.23. The molecule has 0 fully saturated rings. The van der Waals surface area contributed by atoms with E-state index < -0.39 is 0 Å². The largest absolute Gasteiger partial charge is 0.475 e. The maximum Gasteiger partial charge on any atom is 0.255 e. The monoisotopic (exact) mass is 471 g/mol. The molecule has 35 heavy (non-hydrogen) atoms. The number of aromatic amines is 1. The number of ether oxygens (including phenoxy) is 1. The van der Waals surface area contributed by atoms with Crippen LogP contribution in [0.2, 0.25) is 0 Å². The molecule has 2 aliphatic heterocycles. The van der Waals surface area contributed by atoms with E-state index in [4.69, 9.17) is 9.72 Å². The number of carbonyl (C=O) groups is 1. The van der Waals surface area contributed by atoms with Crippen molar-refractivity contribution < 1.29 is 13.9 Å². The molecule has 8 heteroatoms. The van der Waals surface area contributed by atoms with Crippen LogP contribution in [-0.2, 0) is 0 Å². The van der Waals surface area contributed by atoms with Crippen molar-refractivity contribution in [2.75, 3.05) is 11.9 Å². The van der Waals surface area contributed by atoms with Crippen molar-refractivity contribution in [3.63, 3.8) is 0 Å². The van der Waals surface area contributed by atoms with Crippen LogP contribution >= 0.6 is 0 Å². The van der Waals surface area contributed by atoms with Gasteiger partial charge in [0.25, 0.3) is 5.91 Å². The van der Waals surface area contributed by atoms with Gasteiger partial charge < -0.3 is 20.4 Å². The lowest BCUT2D eigenvalue weighted by atomic mass is 9.91. The Kier molecular flexibility index (Phi) is 5.16. The predicted molar refractivity (Wildman–Crippen MR) is 133 cm³/mol. The lowest BCUT2D eigenvalue weighted by molar-refractivity contribution is 0.0939. The molecule has 0 saturated heterocycles. The number of H-pyrrole nitrogens is 1. The van der Waals surface area contributed by atoms with Gasteiger partial charge in [0.1, 0.15) is 11.3 Å². The summed E-state index contributed by atoms with van der Waals surface area (Å²) in [5, 5.41) is 6.44. The van der Waals surface area contributed by atoms with Crippen LogP contribution in [0.15, 0.2) is 42.6 Å². The first-order valence-corrected chi connectivity index (χ1v) is 12.0. The highest BCUT2D eigenvalue weighted by molar-refractivity contribution is 6.08. The molecule has 4 aromatic rings. The molecule has 0 radical (unpaired) electrons. The average molecular weight is 472 g/mol. The number of hydrogen-bond acceptors (Lipinski definition) is 5. The van der Waals surface area contributed by atoms with Gasteiger partial charge in [0.15, 0.2) is 0 Å². The highest BCUT2D eigenvalue weighted by atomic mass is 19.1. The number of nitrogens with one attached hydrogen (secondary N) is 3. The van der Waals surface area contributed by atoms with Crippen molar-refractivity contribution in [2.24, 2.45) is 0 Å². The quantitative estimate of drug-likeness (QED) is 0.354. The van der Waals surface area contributed by atoms with Crippen LogP contribution in [0.1, 0.15) is 53.7 Å². The first kappa shape index (κ1) is 21.6. The van der Waals surface area contributed by atoms with Crippen LogP contribution in [0.25, 0.3) is 22.3 Å². The van der Waals surface area contributed by atoms with Crippen molar-refractivity contribution in [2.45, 2.75) is 45.1 Å². The van der Waals surface area contributed by atoms with Crippen LogP contribution in [0.3, 0.4) is 0 Å². The van der Waals surface area contributed by atoms with Gasteiger partial charge in [-0.15, -0.1) is 0 Å². The highest BCUT2D eigenvalue weighted by Gasteiger charge is 2.33. The number of aromatic nitrogens is 3. The van der Waals surface area contributed by atoms with Crippen LogP contribution in [0, 0.1) is 12.7 Å². The fourth-order valence-electron chi connectivity index (χ4n) is 5.11. The van der Waals surface area contributed by atoms with Gasteiger partial charge in [0.2, 0.25) is 5.88 Å². The molecule has 0 unspecified atom stereocenters. The van der Waals surface area contributed by atoms with Crippen LogP contribution in [0.5, 0.6) is 5.88 Å². The first-order valence-electron chi connectivity index (χ1n) is 12.0. The number of halogens is 1. The normalized spacial score (nSPS) is 19.3. The number of nitrogens with zero attached hydrogens (tertiary/aromatic N) is 2. The Morgan fingerprint density at radius 3 is 2.94 bits per heavy atom. The van der Waals surface area contributed by atoms with Crippen LogP contribution in [-0.4, -0.2) is 33.5 Å². The molecule has 4 bridgehead atoms. The number of hydrogen-bond donors (Lipinski definition) is 3. The second-order valence-corrected chi connectivity index (χ2v) is 9.34. The zero-order chi connectivity index (χ0) is 24.1. The predicted octanol–water partition coefficient (Wildman–Crippen LogP) is 5.59. The molecule has 3 aromatic heterocycles. The standard InChI is InChI=1S/C27H26FN5O2/c1-14-5-3-6-16-13-30-27(34)22-23(16)33-25(26(22)31-19-8-4-7-18(28)15(19)2)17-11-12-29-20-9-10-21(35-14)32-24(17)20/h4,7-12,14,16,31,33H,3,5-6,13H2,1-2H3,(H,30,34)/t14-,16-/m1/s1. The topological polar surface area (TPSA) is 91.9 Å². The summed E-state index contributed by atoms with van der Waals surface area (Å²) in [5.41, 5.74) is 6.09. The van der Waals surface area contributed by atoms with Gasteiger partial charge in [-0.05, 0) is 57.4 Å². The van der Waals surface area contributed by atoms with E-state index in [-0.39, 0.29) is 23.7 Å². The van der Waals surface area contributed by atoms with E-state index in [2.05, 4.69) is 27.5 Å². The smallest absolute Gasteiger partial charge is 0.255 e. The SMILES string of the molecule is Cc1c(F)cccc1Nc1c2[nH]c3c1C(=O)NC[C@H]3CCC[C@@H](C)Oc1ccc3nccc-2c3n1. The summed E-state index contributed by atoms with van der Waals surface area (Å²) < 4.78 is 20.5. The van der Waals surface area contributed by atoms with E-state index in [9.17, 15) is 9.18 Å². The van der Waals surface area contributed by atoms with Gasteiger partial charge in [-0.3, -0.25) is 9.78 Å². The van der Waals surface area contributed by atoms with E-state index >= 15 is 0 Å². The molecule has 2 atom stereocenters. The molecular formula is C27H26FN5O2. The molecule has 1 amide bonds. The third-order valence-electron chi connectivity index (χ3n) is 7.01. The molecule has 2 aliphatic rings. The summed E-state index contributed by atoms with van der Waals surface area (Å²) in [6.45, 7) is 4.34. The summed E-state index contributed by atoms with van der Waals surface area (Å²) in [4.78, 5) is 26.1. The van der Waals surface area contributed by atoms with Gasteiger partial charge >= 0.3 is 0 Å². The van der Waals surface area contributed by atoms with Gasteiger partial charge in [0, 0.05) is 47.2 Å². The van der Waals surface area contributed by atoms with Gasteiger partial charge in [-0.25, -0.2) is 9.37 Å². The number of rotatable bonds is 2. The van der Waals surface area contributed by atoms with Gasteiger partial charge in [0.05, 0.1) is 28.6 Å². The van der Waals surface area contributed by atoms with Gasteiger partial charge in [-0.1, -0.05) is 6.07 Å². The zero-order valence-corrected chi connectivity index (χ0v) is 19.6. The molecule has 5 heterocycles. The zero-order valence-electron chi connectivity index (χ0n) is 19.6. The second kappa shape index (κ2) is 8.37. The number of amides is 1. The summed E-state index contributed by atoms with van der Waals surface area (Å²) in [6, 6.07) is 10.5. The molecule has 0 saturated carbocycles. The minimum atomic E-state index is -0.308. The maximum absolute atomic E-state index is 14.4. The van der Waals surface area contributed by atoms with Crippen molar-refractivity contribution in [3.8, 4) is 17.1 Å². The second-order valence-electron chi connectivity index (χ2n) is 9.34. The van der Waals surface area contributed by atoms with Crippen molar-refractivity contribution >= 4 is 28.3 Å². The lowest BCUT2D eigenvalue weighted by Gasteiger charge is -2.24. The van der Waals surface area contributed by atoms with E-state index in [0.717, 1.165) is 41.7 Å². The fourth-order valence-corrected chi connectivity index (χ4v) is 5.11. The van der Waals surface area contributed by atoms with Crippen molar-refractivity contribution in [1.29, 1.82) is 0 Å². The molecule has 3 N–H and O–H groups in total. The number of carbonyl (C=O) groups excluding carboxylic acids is 1. The van der Waals surface area contributed by atoms with Crippen molar-refractivity contribution in [1.82, 2.24) is 20.3 Å². The van der Waals surface area contributed by atoms with Crippen molar-refractivity contribution in [3.05, 3.63) is 65.2 Å². The molecular weight excluding hydrogens is 445 g/mol. The van der Waals surface area contributed by atoms with E-state index in [1.807, 2.05) is 24.3 Å². The Labute approximate surface area is 202 Å². The summed E-state index contributed by atoms with van der Waals surface area (Å²) >= 11 is 0. The highest BCUT2D eigenvalue weighted by Crippen LogP contribution is 2.43. The number of fused-ring (bicyclic) bond motifs is 3. The molecule has 7 nitrogen and oxygen atoms in total. The Bertz CT molecular complexity index is 1460. The molecule has 0 spiro atoms. The molecule has 178 valence electrons. The van der Waals surface area contributed by atoms with Crippen LogP contribution < -0.4 is 15.4 Å². The molecule has 1 aromatic carbocycles. The Morgan fingerprint density at radius 2 is 2.06 bits per heavy atom. The number of benzene rings is 1. The minimum absolute atomic E-state index is 0.0185. The third-order valence-corrected chi connectivity index (χ3v) is 7.01. The summed E-state index contributed by atoms with van der Waals surface area (Å²) in [6.07, 6.45) is 4.47. The first-order chi connectivity index (χ1) is 17.0. The fraction of sp³-hybridized carbons (Fsp3) is 0.296. The Balaban J connectivity index is 1.63. The van der Waals surface area contributed by atoms with E-state index in [1.54, 1.807) is 19.2 Å². The van der Waals surface area contributed by atoms with E-state index in [1.165, 1.54) is 6.07 Å². The molecule has 6 rings (SSSR count). The van der Waals surface area contributed by atoms with E-state index in [0.29, 0.717) is 40.4 Å². The number of anilines is 2. The van der Waals surface area contributed by atoms with Crippen LogP contribution in [0.4, 0.5) is 15.8 Å². The third kappa shape index (κ3) is 3.69.